The van der Waals surface area contributed by atoms with Gasteiger partial charge in [-0.3, -0.25) is 4.79 Å². The van der Waals surface area contributed by atoms with Crippen LogP contribution < -0.4 is 5.56 Å². The largest absolute Gasteiger partial charge is 0.388 e. The molecular formula is C17H17ClN4O3. The van der Waals surface area contributed by atoms with E-state index in [4.69, 9.17) is 16.1 Å². The first-order chi connectivity index (χ1) is 12.1. The highest BCUT2D eigenvalue weighted by atomic mass is 35.5. The number of hydrogen-bond donors (Lipinski definition) is 1. The molecule has 25 heavy (non-hydrogen) atoms. The van der Waals surface area contributed by atoms with E-state index in [-0.39, 0.29) is 23.9 Å². The van der Waals surface area contributed by atoms with Gasteiger partial charge in [0, 0.05) is 12.6 Å². The normalized spacial score (nSPS) is 12.3. The Bertz CT molecular complexity index is 905. The van der Waals surface area contributed by atoms with Gasteiger partial charge in [0.1, 0.15) is 11.6 Å². The van der Waals surface area contributed by atoms with E-state index in [1.54, 1.807) is 0 Å². The molecule has 3 aromatic rings. The molecule has 8 heteroatoms. The molecule has 0 radical (unpaired) electrons. The van der Waals surface area contributed by atoms with Crippen LogP contribution in [0.15, 0.2) is 45.8 Å². The monoisotopic (exact) mass is 360 g/mol. The van der Waals surface area contributed by atoms with Crippen molar-refractivity contribution in [1.82, 2.24) is 19.9 Å². The summed E-state index contributed by atoms with van der Waals surface area (Å²) in [5.74, 6) is 0.581. The second-order valence-corrected chi connectivity index (χ2v) is 5.97. The molecule has 0 aliphatic carbocycles. The summed E-state index contributed by atoms with van der Waals surface area (Å²) < 4.78 is 6.26. The number of rotatable bonds is 6. The molecule has 3 rings (SSSR count). The van der Waals surface area contributed by atoms with Gasteiger partial charge in [0.2, 0.25) is 5.89 Å². The highest BCUT2D eigenvalue weighted by molar-refractivity contribution is 6.30. The van der Waals surface area contributed by atoms with E-state index in [1.165, 1.54) is 17.8 Å². The van der Waals surface area contributed by atoms with Crippen molar-refractivity contribution in [1.29, 1.82) is 0 Å². The fourth-order valence-corrected chi connectivity index (χ4v) is 2.52. The summed E-state index contributed by atoms with van der Waals surface area (Å²) in [6.45, 7) is 2.10. The van der Waals surface area contributed by atoms with Gasteiger partial charge in [0.15, 0.2) is 5.82 Å². The predicted molar refractivity (Wildman–Crippen MR) is 91.4 cm³/mol. The highest BCUT2D eigenvalue weighted by Gasteiger charge is 2.15. The van der Waals surface area contributed by atoms with Crippen molar-refractivity contribution in [3.63, 3.8) is 0 Å². The van der Waals surface area contributed by atoms with E-state index in [0.717, 1.165) is 16.7 Å². The number of aryl methyl sites for hydroxylation is 1. The van der Waals surface area contributed by atoms with Gasteiger partial charge in [0.05, 0.1) is 6.10 Å². The van der Waals surface area contributed by atoms with Crippen LogP contribution in [0.2, 0.25) is 5.02 Å². The second kappa shape index (κ2) is 7.58. The van der Waals surface area contributed by atoms with E-state index >= 15 is 0 Å². The quantitative estimate of drug-likeness (QED) is 0.724. The third-order valence-electron chi connectivity index (χ3n) is 3.81. The average Bonchev–Trinajstić information content (AvgIpc) is 3.06. The Labute approximate surface area is 148 Å². The first-order valence-electron chi connectivity index (χ1n) is 7.86. The van der Waals surface area contributed by atoms with Crippen LogP contribution in [0.4, 0.5) is 0 Å². The van der Waals surface area contributed by atoms with Crippen molar-refractivity contribution < 1.29 is 9.63 Å². The predicted octanol–water partition coefficient (Wildman–Crippen LogP) is 2.17. The van der Waals surface area contributed by atoms with E-state index in [9.17, 15) is 9.90 Å². The molecule has 0 saturated carbocycles. The minimum absolute atomic E-state index is 0.0215. The van der Waals surface area contributed by atoms with Gasteiger partial charge >= 0.3 is 0 Å². The Morgan fingerprint density at radius 1 is 1.28 bits per heavy atom. The zero-order chi connectivity index (χ0) is 17.8. The maximum atomic E-state index is 11.8. The minimum Gasteiger partial charge on any atom is -0.388 e. The molecule has 0 spiro atoms. The molecule has 1 aromatic carbocycles. The summed E-state index contributed by atoms with van der Waals surface area (Å²) in [5, 5.41) is 18.1. The molecule has 1 atom stereocenters. The van der Waals surface area contributed by atoms with E-state index in [0.29, 0.717) is 5.82 Å². The van der Waals surface area contributed by atoms with Crippen LogP contribution in [0, 0.1) is 0 Å². The molecule has 0 amide bonds. The van der Waals surface area contributed by atoms with E-state index in [2.05, 4.69) is 22.2 Å². The SMILES string of the molecule is CCc1ccc([C@@H](O)Cc2noc(Cn3nccc(Cl)c3=O)n2)cc1. The molecule has 0 fully saturated rings. The van der Waals surface area contributed by atoms with Crippen LogP contribution in [0.1, 0.15) is 35.9 Å². The number of halogens is 1. The maximum Gasteiger partial charge on any atom is 0.285 e. The van der Waals surface area contributed by atoms with Crippen molar-refractivity contribution in [3.8, 4) is 0 Å². The van der Waals surface area contributed by atoms with Crippen LogP contribution >= 0.6 is 11.6 Å². The Hall–Kier alpha value is -2.51. The molecule has 0 aliphatic heterocycles. The molecule has 130 valence electrons. The van der Waals surface area contributed by atoms with Gasteiger partial charge in [-0.2, -0.15) is 10.1 Å². The molecule has 0 bridgehead atoms. The molecular weight excluding hydrogens is 344 g/mol. The van der Waals surface area contributed by atoms with Gasteiger partial charge in [0.25, 0.3) is 5.56 Å². The summed E-state index contributed by atoms with van der Waals surface area (Å²) in [5.41, 5.74) is 1.56. The van der Waals surface area contributed by atoms with E-state index < -0.39 is 11.7 Å². The highest BCUT2D eigenvalue weighted by Crippen LogP contribution is 2.18. The minimum atomic E-state index is -0.733. The van der Waals surface area contributed by atoms with Crippen LogP contribution in [0.25, 0.3) is 0 Å². The van der Waals surface area contributed by atoms with Gasteiger partial charge in [-0.1, -0.05) is 47.9 Å². The first-order valence-corrected chi connectivity index (χ1v) is 8.24. The molecule has 0 aliphatic rings. The first kappa shape index (κ1) is 17.3. The number of aromatic nitrogens is 4. The number of aliphatic hydroxyl groups is 1. The lowest BCUT2D eigenvalue weighted by atomic mass is 10.0. The van der Waals surface area contributed by atoms with Crippen molar-refractivity contribution in [3.05, 3.63) is 74.7 Å². The number of aliphatic hydroxyl groups excluding tert-OH is 1. The second-order valence-electron chi connectivity index (χ2n) is 5.56. The summed E-state index contributed by atoms with van der Waals surface area (Å²) in [4.78, 5) is 16.0. The molecule has 7 nitrogen and oxygen atoms in total. The van der Waals surface area contributed by atoms with Gasteiger partial charge < -0.3 is 9.63 Å². The lowest BCUT2D eigenvalue weighted by Crippen LogP contribution is -2.23. The molecule has 2 heterocycles. The fraction of sp³-hybridized carbons (Fsp3) is 0.294. The third-order valence-corrected chi connectivity index (χ3v) is 4.10. The Morgan fingerprint density at radius 2 is 2.04 bits per heavy atom. The van der Waals surface area contributed by atoms with E-state index in [1.807, 2.05) is 24.3 Å². The van der Waals surface area contributed by atoms with Crippen molar-refractivity contribution in [2.24, 2.45) is 0 Å². The summed E-state index contributed by atoms with van der Waals surface area (Å²) in [7, 11) is 0. The summed E-state index contributed by atoms with van der Waals surface area (Å²) in [6.07, 6.45) is 1.85. The van der Waals surface area contributed by atoms with Crippen molar-refractivity contribution >= 4 is 11.6 Å². The van der Waals surface area contributed by atoms with Crippen molar-refractivity contribution in [2.75, 3.05) is 0 Å². The Kier molecular flexibility index (Phi) is 5.25. The number of nitrogens with zero attached hydrogens (tertiary/aromatic N) is 4. The third kappa shape index (κ3) is 4.12. The maximum absolute atomic E-state index is 11.8. The standard InChI is InChI=1S/C17H17ClN4O3/c1-2-11-3-5-12(6-4-11)14(23)9-15-20-16(25-21-15)10-22-17(24)13(18)7-8-19-22/h3-8,14,23H,2,9-10H2,1H3/t14-/m0/s1. The fourth-order valence-electron chi connectivity index (χ4n) is 2.37. The molecule has 2 aromatic heterocycles. The summed E-state index contributed by atoms with van der Waals surface area (Å²) >= 11 is 5.77. The van der Waals surface area contributed by atoms with Gasteiger partial charge in [-0.05, 0) is 23.6 Å². The Balaban J connectivity index is 1.68. The zero-order valence-electron chi connectivity index (χ0n) is 13.6. The average molecular weight is 361 g/mol. The topological polar surface area (TPSA) is 94.0 Å². The zero-order valence-corrected chi connectivity index (χ0v) is 14.3. The number of benzene rings is 1. The molecule has 0 saturated heterocycles. The lowest BCUT2D eigenvalue weighted by molar-refractivity contribution is 0.174. The lowest BCUT2D eigenvalue weighted by Gasteiger charge is -2.09. The van der Waals surface area contributed by atoms with Crippen LogP contribution in [0.3, 0.4) is 0 Å². The van der Waals surface area contributed by atoms with Crippen LogP contribution in [-0.4, -0.2) is 25.0 Å². The van der Waals surface area contributed by atoms with Crippen LogP contribution in [0.5, 0.6) is 0 Å². The van der Waals surface area contributed by atoms with Gasteiger partial charge in [-0.25, -0.2) is 4.68 Å². The van der Waals surface area contributed by atoms with Gasteiger partial charge in [-0.15, -0.1) is 0 Å². The number of hydrogen-bond acceptors (Lipinski definition) is 6. The Morgan fingerprint density at radius 3 is 2.76 bits per heavy atom. The summed E-state index contributed by atoms with van der Waals surface area (Å²) in [6, 6.07) is 9.16. The van der Waals surface area contributed by atoms with Crippen LogP contribution in [-0.2, 0) is 19.4 Å². The van der Waals surface area contributed by atoms with Crippen molar-refractivity contribution in [2.45, 2.75) is 32.4 Å². The smallest absolute Gasteiger partial charge is 0.285 e. The molecule has 1 N–H and O–H groups in total. The molecule has 0 unspecified atom stereocenters.